The Bertz CT molecular complexity index is 855. The summed E-state index contributed by atoms with van der Waals surface area (Å²) in [5.74, 6) is -0.610. The molecule has 0 radical (unpaired) electrons. The third-order valence-corrected chi connectivity index (χ3v) is 4.95. The number of likely N-dealkylation sites (tertiary alicyclic amines) is 2. The molecule has 25 heavy (non-hydrogen) atoms. The summed E-state index contributed by atoms with van der Waals surface area (Å²) in [6, 6.07) is 3.41. The van der Waals surface area contributed by atoms with Crippen LogP contribution in [0.25, 0.3) is 11.0 Å². The number of carbonyl (C=O) groups excluding carboxylic acids is 3. The predicted molar refractivity (Wildman–Crippen MR) is 87.6 cm³/mol. The van der Waals surface area contributed by atoms with E-state index in [1.54, 1.807) is 35.2 Å². The molecule has 8 heteroatoms. The molecule has 2 saturated heterocycles. The lowest BCUT2D eigenvalue weighted by Crippen LogP contribution is -2.61. The minimum atomic E-state index is -0.302. The molecule has 2 aliphatic rings. The normalized spacial score (nSPS) is 20.8. The first-order valence-electron chi connectivity index (χ1n) is 8.21. The minimum Gasteiger partial charge on any atom is -0.464 e. The van der Waals surface area contributed by atoms with Crippen LogP contribution in [-0.4, -0.2) is 65.2 Å². The number of amides is 3. The van der Waals surface area contributed by atoms with E-state index in [9.17, 15) is 14.4 Å². The van der Waals surface area contributed by atoms with Gasteiger partial charge in [0.2, 0.25) is 11.8 Å². The summed E-state index contributed by atoms with van der Waals surface area (Å²) in [6.07, 6.45) is 3.32. The van der Waals surface area contributed by atoms with Crippen molar-refractivity contribution in [3.63, 3.8) is 0 Å². The third kappa shape index (κ3) is 2.54. The molecule has 4 rings (SSSR count). The average Bonchev–Trinajstić information content (AvgIpc) is 3.19. The molecule has 0 aromatic carbocycles. The summed E-state index contributed by atoms with van der Waals surface area (Å²) in [5.41, 5.74) is 0.985. The topological polar surface area (TPSA) is 95.8 Å². The first kappa shape index (κ1) is 15.6. The fourth-order valence-corrected chi connectivity index (χ4v) is 3.50. The fourth-order valence-electron chi connectivity index (χ4n) is 3.50. The van der Waals surface area contributed by atoms with Crippen molar-refractivity contribution >= 4 is 28.7 Å². The van der Waals surface area contributed by atoms with Gasteiger partial charge in [-0.25, -0.2) is 0 Å². The molecule has 4 heterocycles. The molecule has 130 valence electrons. The van der Waals surface area contributed by atoms with Crippen LogP contribution in [0, 0.1) is 5.92 Å². The summed E-state index contributed by atoms with van der Waals surface area (Å²) >= 11 is 0. The lowest BCUT2D eigenvalue weighted by molar-refractivity contribution is -0.132. The van der Waals surface area contributed by atoms with Crippen molar-refractivity contribution in [2.45, 2.75) is 12.5 Å². The van der Waals surface area contributed by atoms with E-state index in [1.807, 2.05) is 0 Å². The van der Waals surface area contributed by atoms with E-state index in [-0.39, 0.29) is 36.1 Å². The van der Waals surface area contributed by atoms with Crippen molar-refractivity contribution < 1.29 is 18.8 Å². The van der Waals surface area contributed by atoms with Crippen LogP contribution < -0.4 is 5.32 Å². The number of nitrogens with zero attached hydrogens (tertiary/aromatic N) is 3. The van der Waals surface area contributed by atoms with E-state index in [2.05, 4.69) is 10.3 Å². The van der Waals surface area contributed by atoms with Crippen LogP contribution >= 0.6 is 0 Å². The highest BCUT2D eigenvalue weighted by molar-refractivity contribution is 6.04. The van der Waals surface area contributed by atoms with Gasteiger partial charge >= 0.3 is 0 Å². The lowest BCUT2D eigenvalue weighted by Gasteiger charge is -2.43. The van der Waals surface area contributed by atoms with Gasteiger partial charge < -0.3 is 19.5 Å². The van der Waals surface area contributed by atoms with Crippen LogP contribution in [0.1, 0.15) is 16.9 Å². The van der Waals surface area contributed by atoms with Crippen molar-refractivity contribution in [2.75, 3.05) is 26.7 Å². The Morgan fingerprint density at radius 3 is 2.84 bits per heavy atom. The number of fused-ring (bicyclic) bond motifs is 1. The second kappa shape index (κ2) is 5.87. The first-order valence-corrected chi connectivity index (χ1v) is 8.21. The summed E-state index contributed by atoms with van der Waals surface area (Å²) in [6.45, 7) is 1.34. The Hall–Kier alpha value is -2.90. The van der Waals surface area contributed by atoms with Gasteiger partial charge in [0.15, 0.2) is 0 Å². The summed E-state index contributed by atoms with van der Waals surface area (Å²) < 4.78 is 5.30. The average molecular weight is 342 g/mol. The first-order chi connectivity index (χ1) is 12.1. The van der Waals surface area contributed by atoms with Gasteiger partial charge in [0.25, 0.3) is 5.91 Å². The molecule has 2 fully saturated rings. The molecule has 3 amide bonds. The van der Waals surface area contributed by atoms with Gasteiger partial charge in [-0.15, -0.1) is 0 Å². The molecule has 2 aromatic heterocycles. The Kier molecular flexibility index (Phi) is 3.67. The molecule has 0 aliphatic carbocycles. The van der Waals surface area contributed by atoms with E-state index >= 15 is 0 Å². The lowest BCUT2D eigenvalue weighted by atomic mass is 10.1. The quantitative estimate of drug-likeness (QED) is 0.862. The number of carbonyl (C=O) groups is 3. The number of hydrogen-bond acceptors (Lipinski definition) is 5. The van der Waals surface area contributed by atoms with Gasteiger partial charge in [-0.05, 0) is 12.1 Å². The second-order valence-electron chi connectivity index (χ2n) is 6.42. The highest BCUT2D eigenvalue weighted by Gasteiger charge is 2.43. The Balaban J connectivity index is 1.42. The van der Waals surface area contributed by atoms with Crippen LogP contribution in [0.2, 0.25) is 0 Å². The Labute approximate surface area is 143 Å². The Morgan fingerprint density at radius 2 is 2.08 bits per heavy atom. The molecule has 2 aromatic rings. The van der Waals surface area contributed by atoms with Crippen LogP contribution in [0.15, 0.2) is 29.0 Å². The van der Waals surface area contributed by atoms with E-state index in [0.29, 0.717) is 36.3 Å². The minimum absolute atomic E-state index is 0.0271. The van der Waals surface area contributed by atoms with Crippen molar-refractivity contribution in [3.8, 4) is 0 Å². The van der Waals surface area contributed by atoms with Crippen LogP contribution in [0.3, 0.4) is 0 Å². The van der Waals surface area contributed by atoms with Gasteiger partial charge in [-0.1, -0.05) is 0 Å². The predicted octanol–water partition coefficient (Wildman–Crippen LogP) is 0.247. The maximum absolute atomic E-state index is 12.7. The largest absolute Gasteiger partial charge is 0.464 e. The molecular weight excluding hydrogens is 324 g/mol. The van der Waals surface area contributed by atoms with Gasteiger partial charge in [-0.2, -0.15) is 0 Å². The number of aromatic nitrogens is 1. The number of nitrogens with one attached hydrogen (secondary N) is 1. The summed E-state index contributed by atoms with van der Waals surface area (Å²) in [4.78, 5) is 44.1. The molecular formula is C17H18N4O4. The monoisotopic (exact) mass is 342 g/mol. The Morgan fingerprint density at radius 1 is 1.28 bits per heavy atom. The van der Waals surface area contributed by atoms with Crippen molar-refractivity contribution in [1.29, 1.82) is 0 Å². The van der Waals surface area contributed by atoms with E-state index in [0.717, 1.165) is 0 Å². The van der Waals surface area contributed by atoms with Crippen LogP contribution in [0.4, 0.5) is 0 Å². The maximum atomic E-state index is 12.7. The third-order valence-electron chi connectivity index (χ3n) is 4.95. The van der Waals surface area contributed by atoms with Crippen molar-refractivity contribution in [3.05, 3.63) is 30.3 Å². The number of hydrogen-bond donors (Lipinski definition) is 1. The van der Waals surface area contributed by atoms with Gasteiger partial charge in [0.05, 0.1) is 23.6 Å². The van der Waals surface area contributed by atoms with Crippen LogP contribution in [-0.2, 0) is 9.59 Å². The number of pyridine rings is 1. The number of rotatable bonds is 3. The molecule has 0 bridgehead atoms. The zero-order chi connectivity index (χ0) is 17.6. The fraction of sp³-hybridized carbons (Fsp3) is 0.412. The second-order valence-corrected chi connectivity index (χ2v) is 6.42. The molecule has 8 nitrogen and oxygen atoms in total. The van der Waals surface area contributed by atoms with Gasteiger partial charge in [-0.3, -0.25) is 19.4 Å². The van der Waals surface area contributed by atoms with E-state index in [4.69, 9.17) is 4.42 Å². The van der Waals surface area contributed by atoms with Crippen molar-refractivity contribution in [1.82, 2.24) is 20.1 Å². The molecule has 1 atom stereocenters. The molecule has 0 saturated carbocycles. The van der Waals surface area contributed by atoms with E-state index < -0.39 is 0 Å². The molecule has 2 aliphatic heterocycles. The SMILES string of the molecule is CNC(=O)C1CC(=O)N(C2CN(C(=O)c3nccc4occc34)C2)C1. The maximum Gasteiger partial charge on any atom is 0.273 e. The highest BCUT2D eigenvalue weighted by atomic mass is 16.3. The van der Waals surface area contributed by atoms with E-state index in [1.165, 1.54) is 6.26 Å². The highest BCUT2D eigenvalue weighted by Crippen LogP contribution is 2.27. The van der Waals surface area contributed by atoms with Gasteiger partial charge in [0, 0.05) is 39.3 Å². The number of furan rings is 1. The zero-order valence-electron chi connectivity index (χ0n) is 13.8. The van der Waals surface area contributed by atoms with Gasteiger partial charge in [0.1, 0.15) is 11.3 Å². The molecule has 1 N–H and O–H groups in total. The molecule has 1 unspecified atom stereocenters. The standard InChI is InChI=1S/C17H18N4O4/c1-18-16(23)10-6-14(22)21(7-10)11-8-20(9-11)17(24)15-12-3-5-25-13(12)2-4-19-15/h2-5,10-11H,6-9H2,1H3,(H,18,23). The smallest absolute Gasteiger partial charge is 0.273 e. The summed E-state index contributed by atoms with van der Waals surface area (Å²) in [5, 5.41) is 3.27. The molecule has 0 spiro atoms. The van der Waals surface area contributed by atoms with Crippen molar-refractivity contribution in [2.24, 2.45) is 5.92 Å². The zero-order valence-corrected chi connectivity index (χ0v) is 13.8. The van der Waals surface area contributed by atoms with Crippen LogP contribution in [0.5, 0.6) is 0 Å². The summed E-state index contributed by atoms with van der Waals surface area (Å²) in [7, 11) is 1.57.